The number of aryl methyl sites for hydroxylation is 2. The number of carbonyl (C=O) groups is 1. The van der Waals surface area contributed by atoms with Crippen molar-refractivity contribution in [2.24, 2.45) is 0 Å². The van der Waals surface area contributed by atoms with Gasteiger partial charge in [-0.15, -0.1) is 0 Å². The number of rotatable bonds is 9. The van der Waals surface area contributed by atoms with E-state index >= 15 is 0 Å². The zero-order valence-electron chi connectivity index (χ0n) is 17.6. The third kappa shape index (κ3) is 4.95. The van der Waals surface area contributed by atoms with E-state index in [0.29, 0.717) is 12.2 Å². The number of fused-ring (bicyclic) bond motifs is 1. The molecule has 0 aliphatic heterocycles. The molecular formula is C23H30N2O4S. The number of nitrogens with zero attached hydrogens (tertiary/aromatic N) is 1. The number of anilines is 2. The van der Waals surface area contributed by atoms with Crippen LogP contribution in [0.5, 0.6) is 0 Å². The van der Waals surface area contributed by atoms with E-state index in [2.05, 4.69) is 11.6 Å². The molecule has 1 aliphatic rings. The van der Waals surface area contributed by atoms with Crippen LogP contribution in [-0.2, 0) is 22.9 Å². The van der Waals surface area contributed by atoms with Gasteiger partial charge in [-0.2, -0.15) is 0 Å². The van der Waals surface area contributed by atoms with E-state index in [1.54, 1.807) is 24.3 Å². The molecule has 0 aromatic heterocycles. The highest BCUT2D eigenvalue weighted by Crippen LogP contribution is 2.28. The average Bonchev–Trinajstić information content (AvgIpc) is 2.74. The fourth-order valence-corrected chi connectivity index (χ4v) is 5.04. The molecule has 0 saturated heterocycles. The highest BCUT2D eigenvalue weighted by molar-refractivity contribution is 7.92. The molecule has 0 saturated carbocycles. The van der Waals surface area contributed by atoms with E-state index in [1.807, 2.05) is 17.9 Å². The fourth-order valence-electron chi connectivity index (χ4n) is 3.94. The van der Waals surface area contributed by atoms with Gasteiger partial charge in [-0.25, -0.2) is 13.2 Å². The summed E-state index contributed by atoms with van der Waals surface area (Å²) in [6.07, 6.45) is 6.05. The minimum absolute atomic E-state index is 0.0959. The second kappa shape index (κ2) is 9.51. The molecule has 0 amide bonds. The summed E-state index contributed by atoms with van der Waals surface area (Å²) in [5.74, 6) is -1.07. The van der Waals surface area contributed by atoms with Gasteiger partial charge in [0.05, 0.1) is 16.1 Å². The maximum Gasteiger partial charge on any atom is 0.337 e. The second-order valence-corrected chi connectivity index (χ2v) is 9.40. The lowest BCUT2D eigenvalue weighted by atomic mass is 9.92. The van der Waals surface area contributed by atoms with Crippen molar-refractivity contribution in [1.82, 2.24) is 0 Å². The molecule has 2 aromatic rings. The maximum atomic E-state index is 12.9. The number of hydrogen-bond acceptors (Lipinski definition) is 4. The molecule has 0 atom stereocenters. The van der Waals surface area contributed by atoms with Crippen LogP contribution in [0.3, 0.4) is 0 Å². The van der Waals surface area contributed by atoms with Gasteiger partial charge in [0.15, 0.2) is 0 Å². The molecule has 3 rings (SSSR count). The van der Waals surface area contributed by atoms with Gasteiger partial charge in [0.25, 0.3) is 10.0 Å². The van der Waals surface area contributed by atoms with Crippen molar-refractivity contribution in [1.29, 1.82) is 0 Å². The monoisotopic (exact) mass is 430 g/mol. The molecule has 6 nitrogen and oxygen atoms in total. The third-order valence-corrected chi connectivity index (χ3v) is 6.99. The van der Waals surface area contributed by atoms with Crippen molar-refractivity contribution in [3.05, 3.63) is 53.1 Å². The predicted octanol–water partition coefficient (Wildman–Crippen LogP) is 4.69. The molecule has 1 aliphatic carbocycles. The molecule has 0 spiro atoms. The first-order valence-electron chi connectivity index (χ1n) is 10.6. The molecule has 0 radical (unpaired) electrons. The van der Waals surface area contributed by atoms with E-state index in [0.717, 1.165) is 50.6 Å². The number of carboxylic acids is 1. The summed E-state index contributed by atoms with van der Waals surface area (Å²) in [6, 6.07) is 9.99. The van der Waals surface area contributed by atoms with Crippen LogP contribution >= 0.6 is 0 Å². The topological polar surface area (TPSA) is 86.7 Å². The van der Waals surface area contributed by atoms with Crippen molar-refractivity contribution in [2.75, 3.05) is 22.7 Å². The fraction of sp³-hybridized carbons (Fsp3) is 0.435. The van der Waals surface area contributed by atoms with Gasteiger partial charge in [0, 0.05) is 18.8 Å². The van der Waals surface area contributed by atoms with Crippen LogP contribution in [0.2, 0.25) is 0 Å². The van der Waals surface area contributed by atoms with E-state index in [9.17, 15) is 18.3 Å². The van der Waals surface area contributed by atoms with E-state index in [1.165, 1.54) is 11.6 Å². The smallest absolute Gasteiger partial charge is 0.337 e. The van der Waals surface area contributed by atoms with Crippen LogP contribution in [0, 0.1) is 0 Å². The predicted molar refractivity (Wildman–Crippen MR) is 120 cm³/mol. The second-order valence-electron chi connectivity index (χ2n) is 7.71. The van der Waals surface area contributed by atoms with Crippen molar-refractivity contribution < 1.29 is 18.3 Å². The largest absolute Gasteiger partial charge is 0.478 e. The summed E-state index contributed by atoms with van der Waals surface area (Å²) in [6.45, 7) is 5.51. The lowest BCUT2D eigenvalue weighted by molar-refractivity contribution is 0.0697. The lowest BCUT2D eigenvalue weighted by Gasteiger charge is -2.25. The van der Waals surface area contributed by atoms with Crippen LogP contribution in [-0.4, -0.2) is 32.6 Å². The van der Waals surface area contributed by atoms with Gasteiger partial charge < -0.3 is 10.0 Å². The molecule has 7 heteroatoms. The number of hydrogen-bond donors (Lipinski definition) is 2. The van der Waals surface area contributed by atoms with Crippen LogP contribution in [0.25, 0.3) is 0 Å². The van der Waals surface area contributed by atoms with Crippen molar-refractivity contribution in [3.63, 3.8) is 0 Å². The number of sulfonamides is 1. The van der Waals surface area contributed by atoms with Crippen molar-refractivity contribution in [3.8, 4) is 0 Å². The van der Waals surface area contributed by atoms with E-state index in [4.69, 9.17) is 0 Å². The highest BCUT2D eigenvalue weighted by atomic mass is 32.2. The normalized spacial score (nSPS) is 13.5. The van der Waals surface area contributed by atoms with Gasteiger partial charge in [-0.05, 0) is 80.5 Å². The maximum absolute atomic E-state index is 12.9. The van der Waals surface area contributed by atoms with Gasteiger partial charge in [0.2, 0.25) is 0 Å². The Morgan fingerprint density at radius 2 is 1.80 bits per heavy atom. The number of unbranched alkanes of at least 4 members (excludes halogenated alkanes) is 1. The van der Waals surface area contributed by atoms with Crippen LogP contribution < -0.4 is 9.62 Å². The molecule has 2 aromatic carbocycles. The summed E-state index contributed by atoms with van der Waals surface area (Å²) in [4.78, 5) is 14.1. The first-order valence-corrected chi connectivity index (χ1v) is 12.1. The van der Waals surface area contributed by atoms with E-state index in [-0.39, 0.29) is 16.1 Å². The molecule has 162 valence electrons. The molecule has 2 N–H and O–H groups in total. The van der Waals surface area contributed by atoms with Crippen LogP contribution in [0.4, 0.5) is 11.4 Å². The Bertz CT molecular complexity index is 1020. The Morgan fingerprint density at radius 3 is 2.47 bits per heavy atom. The molecular weight excluding hydrogens is 400 g/mol. The highest BCUT2D eigenvalue weighted by Gasteiger charge is 2.20. The summed E-state index contributed by atoms with van der Waals surface area (Å²) in [5, 5.41) is 9.70. The Morgan fingerprint density at radius 1 is 1.07 bits per heavy atom. The standard InChI is InChI=1S/C23H30N2O4S/c1-3-5-14-25(4-2)22-13-11-19(16-21(22)23(26)27)24-30(28,29)20-12-10-17-8-6-7-9-18(17)15-20/h10-13,15-16,24H,3-9,14H2,1-2H3,(H,26,27). The molecule has 0 bridgehead atoms. The SMILES string of the molecule is CCCCN(CC)c1ccc(NS(=O)(=O)c2ccc3c(c2)CCCC3)cc1C(=O)O. The molecule has 0 fully saturated rings. The quantitative estimate of drug-likeness (QED) is 0.603. The average molecular weight is 431 g/mol. The summed E-state index contributed by atoms with van der Waals surface area (Å²) >= 11 is 0. The number of benzene rings is 2. The zero-order chi connectivity index (χ0) is 21.7. The van der Waals surface area contributed by atoms with Crippen molar-refractivity contribution in [2.45, 2.75) is 57.3 Å². The zero-order valence-corrected chi connectivity index (χ0v) is 18.5. The Balaban J connectivity index is 1.88. The summed E-state index contributed by atoms with van der Waals surface area (Å²) < 4.78 is 28.4. The summed E-state index contributed by atoms with van der Waals surface area (Å²) in [5.41, 5.74) is 3.25. The lowest BCUT2D eigenvalue weighted by Crippen LogP contribution is -2.26. The van der Waals surface area contributed by atoms with Crippen molar-refractivity contribution >= 4 is 27.4 Å². The first kappa shape index (κ1) is 22.2. The Hall–Kier alpha value is -2.54. The van der Waals surface area contributed by atoms with Gasteiger partial charge in [-0.3, -0.25) is 4.72 Å². The summed E-state index contributed by atoms with van der Waals surface area (Å²) in [7, 11) is -3.80. The number of nitrogens with one attached hydrogen (secondary N) is 1. The Labute approximate surface area is 179 Å². The first-order chi connectivity index (χ1) is 14.4. The van der Waals surface area contributed by atoms with E-state index < -0.39 is 16.0 Å². The minimum Gasteiger partial charge on any atom is -0.478 e. The minimum atomic E-state index is -3.80. The number of aromatic carboxylic acids is 1. The molecule has 0 unspecified atom stereocenters. The molecule has 30 heavy (non-hydrogen) atoms. The van der Waals surface area contributed by atoms with Gasteiger partial charge in [0.1, 0.15) is 0 Å². The van der Waals surface area contributed by atoms with Crippen LogP contribution in [0.1, 0.15) is 61.0 Å². The van der Waals surface area contributed by atoms with Gasteiger partial charge >= 0.3 is 5.97 Å². The number of carboxylic acid groups (broad SMARTS) is 1. The Kier molecular flexibility index (Phi) is 7.02. The third-order valence-electron chi connectivity index (χ3n) is 5.61. The van der Waals surface area contributed by atoms with Gasteiger partial charge in [-0.1, -0.05) is 19.4 Å². The van der Waals surface area contributed by atoms with Crippen LogP contribution in [0.15, 0.2) is 41.3 Å². The molecule has 0 heterocycles.